The monoisotopic (exact) mass is 454 g/mol. The molecule has 0 radical (unpaired) electrons. The summed E-state index contributed by atoms with van der Waals surface area (Å²) in [7, 11) is 3.49. The van der Waals surface area contributed by atoms with Crippen molar-refractivity contribution in [3.05, 3.63) is 59.7 Å². The molecular formula is C26H26N6O2. The van der Waals surface area contributed by atoms with E-state index in [1.807, 2.05) is 48.9 Å². The molecule has 1 aromatic carbocycles. The van der Waals surface area contributed by atoms with Crippen LogP contribution in [0.3, 0.4) is 0 Å². The Morgan fingerprint density at radius 3 is 2.71 bits per heavy atom. The average Bonchev–Trinajstić information content (AvgIpc) is 3.34. The molecule has 0 spiro atoms. The minimum atomic E-state index is -0.251. The van der Waals surface area contributed by atoms with Gasteiger partial charge >= 0.3 is 0 Å². The number of pyridine rings is 1. The third-order valence-electron chi connectivity index (χ3n) is 7.18. The topological polar surface area (TPSA) is 95.9 Å². The number of aromatic nitrogens is 4. The highest BCUT2D eigenvalue weighted by molar-refractivity contribution is 6.10. The van der Waals surface area contributed by atoms with Gasteiger partial charge in [0.1, 0.15) is 5.65 Å². The fourth-order valence-corrected chi connectivity index (χ4v) is 5.08. The van der Waals surface area contributed by atoms with Crippen LogP contribution in [0.4, 0.5) is 0 Å². The molecular weight excluding hydrogens is 428 g/mol. The Morgan fingerprint density at radius 1 is 1.18 bits per heavy atom. The summed E-state index contributed by atoms with van der Waals surface area (Å²) in [4.78, 5) is 35.9. The molecule has 0 bridgehead atoms. The first-order valence-corrected chi connectivity index (χ1v) is 11.6. The van der Waals surface area contributed by atoms with Crippen molar-refractivity contribution in [1.82, 2.24) is 30.0 Å². The van der Waals surface area contributed by atoms with E-state index in [0.29, 0.717) is 23.6 Å². The van der Waals surface area contributed by atoms with Crippen LogP contribution in [0.2, 0.25) is 0 Å². The molecule has 2 amide bonds. The van der Waals surface area contributed by atoms with Crippen LogP contribution < -0.4 is 5.32 Å². The van der Waals surface area contributed by atoms with Gasteiger partial charge < -0.3 is 15.2 Å². The second-order valence-electron chi connectivity index (χ2n) is 9.37. The number of carbonyl (C=O) groups is 2. The summed E-state index contributed by atoms with van der Waals surface area (Å²) in [6, 6.07) is 6.12. The average molecular weight is 455 g/mol. The Balaban J connectivity index is 1.46. The van der Waals surface area contributed by atoms with Crippen LogP contribution >= 0.6 is 0 Å². The zero-order chi connectivity index (χ0) is 23.6. The number of H-pyrrole nitrogens is 1. The lowest BCUT2D eigenvalue weighted by atomic mass is 9.95. The van der Waals surface area contributed by atoms with Gasteiger partial charge in [0.25, 0.3) is 11.8 Å². The van der Waals surface area contributed by atoms with Crippen molar-refractivity contribution in [2.24, 2.45) is 13.0 Å². The number of nitrogens with one attached hydrogen (secondary N) is 2. The number of amides is 2. The summed E-state index contributed by atoms with van der Waals surface area (Å²) in [5, 5.41) is 7.97. The number of hydrogen-bond acceptors (Lipinski definition) is 4. The minimum Gasteiger partial charge on any atom is -0.355 e. The summed E-state index contributed by atoms with van der Waals surface area (Å²) in [6.45, 7) is 2.65. The van der Waals surface area contributed by atoms with E-state index in [1.54, 1.807) is 11.7 Å². The van der Waals surface area contributed by atoms with E-state index >= 15 is 0 Å². The molecule has 1 aliphatic heterocycles. The standard InChI is InChI=1S/C26H26N6O2/c1-14(15-4-5-15)32-13-18-6-16(7-21(25(33)27-2)23(18)26(32)34)17-8-20-22(11-29-24(20)28-9-17)19-10-30-31(3)12-19/h6-12,14-15H,4-5,13H2,1-3H3,(H,27,33)(H,28,29)/t14-/m0/s1. The van der Waals surface area contributed by atoms with E-state index in [4.69, 9.17) is 0 Å². The predicted octanol–water partition coefficient (Wildman–Crippen LogP) is 3.74. The van der Waals surface area contributed by atoms with Gasteiger partial charge in [-0.15, -0.1) is 0 Å². The van der Waals surface area contributed by atoms with Crippen LogP contribution in [0.5, 0.6) is 0 Å². The summed E-state index contributed by atoms with van der Waals surface area (Å²) in [5.41, 5.74) is 6.43. The van der Waals surface area contributed by atoms with Crippen LogP contribution in [0.25, 0.3) is 33.3 Å². The smallest absolute Gasteiger partial charge is 0.255 e. The van der Waals surface area contributed by atoms with Crippen molar-refractivity contribution >= 4 is 22.8 Å². The largest absolute Gasteiger partial charge is 0.355 e. The summed E-state index contributed by atoms with van der Waals surface area (Å²) in [6.07, 6.45) is 9.87. The second-order valence-corrected chi connectivity index (χ2v) is 9.37. The van der Waals surface area contributed by atoms with Gasteiger partial charge in [-0.3, -0.25) is 14.3 Å². The highest BCUT2D eigenvalue weighted by atomic mass is 16.2. The lowest BCUT2D eigenvalue weighted by Gasteiger charge is -2.24. The summed E-state index contributed by atoms with van der Waals surface area (Å²) < 4.78 is 1.77. The summed E-state index contributed by atoms with van der Waals surface area (Å²) in [5.74, 6) is 0.268. The predicted molar refractivity (Wildman–Crippen MR) is 129 cm³/mol. The van der Waals surface area contributed by atoms with Gasteiger partial charge in [0, 0.05) is 67.3 Å². The first-order chi connectivity index (χ1) is 16.4. The molecule has 6 rings (SSSR count). The van der Waals surface area contributed by atoms with E-state index in [2.05, 4.69) is 33.4 Å². The van der Waals surface area contributed by atoms with Gasteiger partial charge in [0.2, 0.25) is 0 Å². The van der Waals surface area contributed by atoms with Crippen LogP contribution in [-0.4, -0.2) is 49.6 Å². The Hall–Kier alpha value is -3.94. The zero-order valence-electron chi connectivity index (χ0n) is 19.4. The SMILES string of the molecule is CNC(=O)c1cc(-c2cnc3[nH]cc(-c4cnn(C)c4)c3c2)cc2c1C(=O)N([C@@H](C)C1CC1)C2. The molecule has 1 saturated carbocycles. The number of hydrogen-bond donors (Lipinski definition) is 2. The number of aryl methyl sites for hydroxylation is 1. The molecule has 172 valence electrons. The summed E-state index contributed by atoms with van der Waals surface area (Å²) >= 11 is 0. The third kappa shape index (κ3) is 3.21. The number of benzene rings is 1. The highest BCUT2D eigenvalue weighted by Crippen LogP contribution is 2.40. The number of carbonyl (C=O) groups excluding carboxylic acids is 2. The van der Waals surface area contributed by atoms with Crippen molar-refractivity contribution < 1.29 is 9.59 Å². The highest BCUT2D eigenvalue weighted by Gasteiger charge is 2.40. The minimum absolute atomic E-state index is 0.0439. The van der Waals surface area contributed by atoms with Gasteiger partial charge in [0.05, 0.1) is 17.3 Å². The molecule has 4 aromatic rings. The lowest BCUT2D eigenvalue weighted by Crippen LogP contribution is -2.35. The molecule has 0 saturated heterocycles. The van der Waals surface area contributed by atoms with Gasteiger partial charge in [-0.2, -0.15) is 5.10 Å². The maximum atomic E-state index is 13.3. The number of fused-ring (bicyclic) bond motifs is 2. The molecule has 1 aliphatic carbocycles. The quantitative estimate of drug-likeness (QED) is 0.480. The normalized spacial score (nSPS) is 16.2. The molecule has 3 aromatic heterocycles. The first kappa shape index (κ1) is 20.7. The van der Waals surface area contributed by atoms with Crippen LogP contribution in [-0.2, 0) is 13.6 Å². The molecule has 0 unspecified atom stereocenters. The first-order valence-electron chi connectivity index (χ1n) is 11.6. The van der Waals surface area contributed by atoms with E-state index in [1.165, 1.54) is 0 Å². The van der Waals surface area contributed by atoms with Crippen LogP contribution in [0, 0.1) is 5.92 Å². The zero-order valence-corrected chi connectivity index (χ0v) is 19.4. The number of nitrogens with zero attached hydrogens (tertiary/aromatic N) is 4. The van der Waals surface area contributed by atoms with Crippen LogP contribution in [0.1, 0.15) is 46.0 Å². The molecule has 1 atom stereocenters. The van der Waals surface area contributed by atoms with Crippen molar-refractivity contribution in [2.75, 3.05) is 7.05 Å². The van der Waals surface area contributed by atoms with Crippen LogP contribution in [0.15, 0.2) is 43.0 Å². The fraction of sp³-hybridized carbons (Fsp3) is 0.308. The third-order valence-corrected chi connectivity index (χ3v) is 7.18. The molecule has 2 aliphatic rings. The maximum absolute atomic E-state index is 13.3. The molecule has 4 heterocycles. The number of rotatable bonds is 5. The van der Waals surface area contributed by atoms with Gasteiger partial charge in [-0.05, 0) is 55.0 Å². The van der Waals surface area contributed by atoms with Gasteiger partial charge in [0.15, 0.2) is 0 Å². The van der Waals surface area contributed by atoms with Crippen molar-refractivity contribution in [3.8, 4) is 22.3 Å². The molecule has 1 fully saturated rings. The molecule has 34 heavy (non-hydrogen) atoms. The van der Waals surface area contributed by atoms with Crippen molar-refractivity contribution in [3.63, 3.8) is 0 Å². The Labute approximate surface area is 197 Å². The Bertz CT molecular complexity index is 1460. The van der Waals surface area contributed by atoms with Crippen molar-refractivity contribution in [1.29, 1.82) is 0 Å². The van der Waals surface area contributed by atoms with E-state index in [9.17, 15) is 9.59 Å². The lowest BCUT2D eigenvalue weighted by molar-refractivity contribution is 0.0693. The number of aromatic amines is 1. The Morgan fingerprint density at radius 2 is 2.00 bits per heavy atom. The molecule has 2 N–H and O–H groups in total. The van der Waals surface area contributed by atoms with Gasteiger partial charge in [-0.1, -0.05) is 0 Å². The second kappa shape index (κ2) is 7.55. The fourth-order valence-electron chi connectivity index (χ4n) is 5.08. The van der Waals surface area contributed by atoms with Gasteiger partial charge in [-0.25, -0.2) is 4.98 Å². The van der Waals surface area contributed by atoms with E-state index in [0.717, 1.165) is 51.7 Å². The van der Waals surface area contributed by atoms with Crippen molar-refractivity contribution in [2.45, 2.75) is 32.4 Å². The maximum Gasteiger partial charge on any atom is 0.255 e. The molecule has 8 heteroatoms. The van der Waals surface area contributed by atoms with E-state index in [-0.39, 0.29) is 17.9 Å². The van der Waals surface area contributed by atoms with E-state index < -0.39 is 0 Å². The Kier molecular flexibility index (Phi) is 4.58. The molecule has 8 nitrogen and oxygen atoms in total.